The minimum atomic E-state index is 0.535. The molecule has 0 radical (unpaired) electrons. The first-order chi connectivity index (χ1) is 7.59. The number of rotatable bonds is 6. The fraction of sp³-hybridized carbons (Fsp3) is 0.583. The molecule has 0 saturated heterocycles. The minimum absolute atomic E-state index is 0.535. The van der Waals surface area contributed by atoms with Crippen LogP contribution in [-0.2, 0) is 0 Å². The summed E-state index contributed by atoms with van der Waals surface area (Å²) >= 11 is 3.38. The average Bonchev–Trinajstić information content (AvgIpc) is 2.20. The predicted octanol–water partition coefficient (Wildman–Crippen LogP) is 2.92. The number of nitrogens with zero attached hydrogens (tertiary/aromatic N) is 1. The minimum Gasteiger partial charge on any atom is -0.477 e. The fourth-order valence-electron chi connectivity index (χ4n) is 1.31. The van der Waals surface area contributed by atoms with E-state index in [1.165, 1.54) is 0 Å². The molecule has 1 heterocycles. The Labute approximate surface area is 106 Å². The summed E-state index contributed by atoms with van der Waals surface area (Å²) in [5, 5.41) is 3.35. The second kappa shape index (κ2) is 6.86. The van der Waals surface area contributed by atoms with Crippen LogP contribution < -0.4 is 10.1 Å². The quantitative estimate of drug-likeness (QED) is 0.817. The maximum Gasteiger partial charge on any atom is 0.216 e. The van der Waals surface area contributed by atoms with Crippen LogP contribution in [0.4, 0.5) is 0 Å². The Kier molecular flexibility index (Phi) is 5.77. The first-order valence-electron chi connectivity index (χ1n) is 5.58. The van der Waals surface area contributed by atoms with Crippen LogP contribution in [0.25, 0.3) is 0 Å². The number of hydrogen-bond acceptors (Lipinski definition) is 3. The normalized spacial score (nSPS) is 10.8. The fourth-order valence-corrected chi connectivity index (χ4v) is 1.76. The van der Waals surface area contributed by atoms with E-state index in [9.17, 15) is 0 Å². The molecule has 0 saturated carbocycles. The molecule has 0 fully saturated rings. The van der Waals surface area contributed by atoms with E-state index in [0.29, 0.717) is 12.6 Å². The van der Waals surface area contributed by atoms with Gasteiger partial charge in [0.15, 0.2) is 0 Å². The number of pyridine rings is 1. The van der Waals surface area contributed by atoms with Gasteiger partial charge in [-0.05, 0) is 41.9 Å². The number of halogens is 1. The van der Waals surface area contributed by atoms with Crippen molar-refractivity contribution in [2.45, 2.75) is 33.2 Å². The van der Waals surface area contributed by atoms with Crippen molar-refractivity contribution in [1.29, 1.82) is 0 Å². The highest BCUT2D eigenvalue weighted by atomic mass is 79.9. The number of hydrogen-bond donors (Lipinski definition) is 1. The smallest absolute Gasteiger partial charge is 0.216 e. The Morgan fingerprint density at radius 2 is 2.25 bits per heavy atom. The number of nitrogens with one attached hydrogen (secondary N) is 1. The number of aromatic nitrogens is 1. The Balaban J connectivity index is 2.27. The lowest BCUT2D eigenvalue weighted by Crippen LogP contribution is -2.24. The van der Waals surface area contributed by atoms with Gasteiger partial charge >= 0.3 is 0 Å². The van der Waals surface area contributed by atoms with Gasteiger partial charge in [0.05, 0.1) is 6.61 Å². The van der Waals surface area contributed by atoms with Crippen LogP contribution in [0, 0.1) is 6.92 Å². The van der Waals surface area contributed by atoms with Crippen molar-refractivity contribution in [3.05, 3.63) is 22.3 Å². The third-order valence-corrected chi connectivity index (χ3v) is 2.54. The van der Waals surface area contributed by atoms with E-state index in [1.54, 1.807) is 6.20 Å². The van der Waals surface area contributed by atoms with E-state index in [1.807, 2.05) is 13.0 Å². The van der Waals surface area contributed by atoms with E-state index in [4.69, 9.17) is 4.74 Å². The number of aryl methyl sites for hydroxylation is 1. The van der Waals surface area contributed by atoms with E-state index < -0.39 is 0 Å². The van der Waals surface area contributed by atoms with Gasteiger partial charge in [-0.3, -0.25) is 0 Å². The highest BCUT2D eigenvalue weighted by molar-refractivity contribution is 9.10. The molecule has 0 amide bonds. The first kappa shape index (κ1) is 13.5. The van der Waals surface area contributed by atoms with Crippen LogP contribution in [0.1, 0.15) is 25.8 Å². The van der Waals surface area contributed by atoms with E-state index in [-0.39, 0.29) is 0 Å². The molecular formula is C12H19BrN2O. The molecule has 0 spiro atoms. The largest absolute Gasteiger partial charge is 0.477 e. The van der Waals surface area contributed by atoms with Crippen LogP contribution >= 0.6 is 15.9 Å². The Morgan fingerprint density at radius 1 is 1.50 bits per heavy atom. The molecule has 1 N–H and O–H groups in total. The standard InChI is InChI=1S/C12H19BrN2O/c1-9(2)14-5-4-6-16-12-10(3)7-11(13)8-15-12/h7-9,14H,4-6H2,1-3H3. The van der Waals surface area contributed by atoms with E-state index in [0.717, 1.165) is 28.9 Å². The van der Waals surface area contributed by atoms with Crippen molar-refractivity contribution >= 4 is 15.9 Å². The van der Waals surface area contributed by atoms with Crippen LogP contribution in [0.3, 0.4) is 0 Å². The Morgan fingerprint density at radius 3 is 2.88 bits per heavy atom. The molecule has 0 bridgehead atoms. The summed E-state index contributed by atoms with van der Waals surface area (Å²) in [7, 11) is 0. The van der Waals surface area contributed by atoms with Gasteiger partial charge in [-0.25, -0.2) is 4.98 Å². The third kappa shape index (κ3) is 4.94. The molecule has 90 valence electrons. The van der Waals surface area contributed by atoms with Gasteiger partial charge in [0, 0.05) is 22.3 Å². The van der Waals surface area contributed by atoms with Crippen molar-refractivity contribution < 1.29 is 4.74 Å². The van der Waals surface area contributed by atoms with Gasteiger partial charge < -0.3 is 10.1 Å². The Hall–Kier alpha value is -0.610. The van der Waals surface area contributed by atoms with E-state index in [2.05, 4.69) is 40.1 Å². The van der Waals surface area contributed by atoms with Crippen molar-refractivity contribution in [3.8, 4) is 5.88 Å². The molecule has 16 heavy (non-hydrogen) atoms. The zero-order valence-electron chi connectivity index (χ0n) is 10.1. The lowest BCUT2D eigenvalue weighted by molar-refractivity contribution is 0.293. The lowest BCUT2D eigenvalue weighted by atomic mass is 10.3. The van der Waals surface area contributed by atoms with Gasteiger partial charge in [-0.1, -0.05) is 13.8 Å². The first-order valence-corrected chi connectivity index (χ1v) is 6.37. The average molecular weight is 287 g/mol. The van der Waals surface area contributed by atoms with Crippen LogP contribution in [0.2, 0.25) is 0 Å². The number of ether oxygens (including phenoxy) is 1. The highest BCUT2D eigenvalue weighted by Gasteiger charge is 2.01. The zero-order valence-corrected chi connectivity index (χ0v) is 11.7. The van der Waals surface area contributed by atoms with Gasteiger partial charge in [0.2, 0.25) is 5.88 Å². The molecule has 4 heteroatoms. The summed E-state index contributed by atoms with van der Waals surface area (Å²) in [5.41, 5.74) is 1.06. The third-order valence-electron chi connectivity index (χ3n) is 2.11. The molecule has 0 unspecified atom stereocenters. The summed E-state index contributed by atoms with van der Waals surface area (Å²) in [5.74, 6) is 0.729. The molecule has 0 aliphatic carbocycles. The topological polar surface area (TPSA) is 34.1 Å². The van der Waals surface area contributed by atoms with Crippen LogP contribution in [0.15, 0.2) is 16.7 Å². The van der Waals surface area contributed by atoms with Crippen molar-refractivity contribution in [3.63, 3.8) is 0 Å². The molecule has 0 aliphatic rings. The summed E-state index contributed by atoms with van der Waals surface area (Å²) in [6, 6.07) is 2.54. The van der Waals surface area contributed by atoms with Crippen LogP contribution in [0.5, 0.6) is 5.88 Å². The van der Waals surface area contributed by atoms with Crippen LogP contribution in [-0.4, -0.2) is 24.2 Å². The molecule has 1 aromatic rings. The summed E-state index contributed by atoms with van der Waals surface area (Å²) < 4.78 is 6.59. The van der Waals surface area contributed by atoms with Crippen molar-refractivity contribution in [2.24, 2.45) is 0 Å². The lowest BCUT2D eigenvalue weighted by Gasteiger charge is -2.10. The van der Waals surface area contributed by atoms with Crippen molar-refractivity contribution in [1.82, 2.24) is 10.3 Å². The molecular weight excluding hydrogens is 268 g/mol. The SMILES string of the molecule is Cc1cc(Br)cnc1OCCCNC(C)C. The van der Waals surface area contributed by atoms with Gasteiger partial charge in [-0.15, -0.1) is 0 Å². The molecule has 1 rings (SSSR count). The molecule has 0 atom stereocenters. The maximum atomic E-state index is 5.60. The van der Waals surface area contributed by atoms with E-state index >= 15 is 0 Å². The monoisotopic (exact) mass is 286 g/mol. The molecule has 3 nitrogen and oxygen atoms in total. The predicted molar refractivity (Wildman–Crippen MR) is 69.9 cm³/mol. The second-order valence-corrected chi connectivity index (χ2v) is 5.00. The highest BCUT2D eigenvalue weighted by Crippen LogP contribution is 2.18. The van der Waals surface area contributed by atoms with Gasteiger partial charge in [0.25, 0.3) is 0 Å². The van der Waals surface area contributed by atoms with Gasteiger partial charge in [0.1, 0.15) is 0 Å². The zero-order chi connectivity index (χ0) is 12.0. The Bertz CT molecular complexity index is 329. The summed E-state index contributed by atoms with van der Waals surface area (Å²) in [6.45, 7) is 7.96. The maximum absolute atomic E-state index is 5.60. The molecule has 1 aromatic heterocycles. The molecule has 0 aliphatic heterocycles. The van der Waals surface area contributed by atoms with Crippen molar-refractivity contribution in [2.75, 3.05) is 13.2 Å². The van der Waals surface area contributed by atoms with Gasteiger partial charge in [-0.2, -0.15) is 0 Å². The summed E-state index contributed by atoms with van der Waals surface area (Å²) in [4.78, 5) is 4.22. The molecule has 0 aromatic carbocycles. The summed E-state index contributed by atoms with van der Waals surface area (Å²) in [6.07, 6.45) is 2.75. The second-order valence-electron chi connectivity index (χ2n) is 4.09.